The van der Waals surface area contributed by atoms with Crippen molar-refractivity contribution in [2.45, 2.75) is 403 Å². The molecule has 536 valence electrons. The molecule has 10 N–H and O–H groups in total. The minimum atomic E-state index is -5.47. The minimum absolute atomic E-state index is 0.257. The first-order chi connectivity index (χ1) is 43.8. The monoisotopic (exact) mass is 1320 g/mol. The van der Waals surface area contributed by atoms with Crippen LogP contribution in [-0.4, -0.2) is 163 Å². The highest BCUT2D eigenvalue weighted by atomic mass is 31.2. The summed E-state index contributed by atoms with van der Waals surface area (Å²) in [6.07, 6.45) is 20.6. The molecule has 14 atom stereocenters. The zero-order valence-electron chi connectivity index (χ0n) is 57.1. The second kappa shape index (κ2) is 52.8. The lowest BCUT2D eigenvalue weighted by Crippen LogP contribution is -2.67. The summed E-state index contributed by atoms with van der Waals surface area (Å²) in [6, 6.07) is -2.85. The molecule has 2 saturated heterocycles. The van der Waals surface area contributed by atoms with Gasteiger partial charge in [0, 0.05) is 0 Å². The number of carbonyl (C=O) groups excluding carboxylic acids is 4. The van der Waals surface area contributed by atoms with Gasteiger partial charge in [-0.15, -0.1) is 0 Å². The van der Waals surface area contributed by atoms with Gasteiger partial charge in [0.15, 0.2) is 18.5 Å². The number of aliphatic hydroxyl groups is 6. The lowest BCUT2D eigenvalue weighted by molar-refractivity contribution is -0.285. The number of hydrogen-bond acceptors (Lipinski definition) is 17. The van der Waals surface area contributed by atoms with E-state index in [0.29, 0.717) is 32.1 Å². The van der Waals surface area contributed by atoms with Crippen molar-refractivity contribution in [3.05, 3.63) is 0 Å². The molecule has 22 heteroatoms. The first-order valence-corrected chi connectivity index (χ1v) is 37.9. The van der Waals surface area contributed by atoms with E-state index in [2.05, 4.69) is 38.3 Å². The summed E-state index contributed by atoms with van der Waals surface area (Å²) in [5, 5.41) is 72.5. The molecule has 0 radical (unpaired) electrons. The molecule has 0 spiro atoms. The van der Waals surface area contributed by atoms with Crippen LogP contribution in [0.2, 0.25) is 0 Å². The largest absolute Gasteiger partial charge is 0.470 e. The van der Waals surface area contributed by atoms with Gasteiger partial charge in [-0.05, 0) is 32.6 Å². The van der Waals surface area contributed by atoms with Gasteiger partial charge in [0.05, 0.1) is 75.5 Å². The van der Waals surface area contributed by atoms with E-state index in [0.717, 1.165) is 116 Å². The second-order valence-corrected chi connectivity index (χ2v) is 27.7. The maximum atomic E-state index is 14.0. The lowest BCUT2D eigenvalue weighted by Gasteiger charge is -2.47. The molecule has 2 amide bonds. The van der Waals surface area contributed by atoms with Crippen molar-refractivity contribution in [1.29, 1.82) is 0 Å². The van der Waals surface area contributed by atoms with Crippen LogP contribution < -0.4 is 10.6 Å². The van der Waals surface area contributed by atoms with E-state index in [9.17, 15) is 64.2 Å². The molecule has 0 saturated carbocycles. The maximum absolute atomic E-state index is 14.0. The Bertz CT molecular complexity index is 1890. The Morgan fingerprint density at radius 3 is 1.10 bits per heavy atom. The third-order valence-corrected chi connectivity index (χ3v) is 18.4. The van der Waals surface area contributed by atoms with Crippen molar-refractivity contribution < 1.29 is 92.4 Å². The van der Waals surface area contributed by atoms with Gasteiger partial charge in [0.2, 0.25) is 11.8 Å². The minimum Gasteiger partial charge on any atom is -0.457 e. The van der Waals surface area contributed by atoms with Crippen molar-refractivity contribution in [2.75, 3.05) is 13.2 Å². The molecule has 2 heterocycles. The number of amides is 2. The summed E-state index contributed by atoms with van der Waals surface area (Å²) in [6.45, 7) is 8.68. The summed E-state index contributed by atoms with van der Waals surface area (Å²) >= 11 is 0. The fourth-order valence-electron chi connectivity index (χ4n) is 12.4. The Kier molecular flexibility index (Phi) is 49.1. The van der Waals surface area contributed by atoms with Gasteiger partial charge in [-0.25, -0.2) is 4.57 Å². The Balaban J connectivity index is 2.41. The summed E-state index contributed by atoms with van der Waals surface area (Å²) in [4.78, 5) is 75.7. The van der Waals surface area contributed by atoms with Crippen molar-refractivity contribution in [2.24, 2.45) is 0 Å². The highest BCUT2D eigenvalue weighted by Crippen LogP contribution is 2.42. The van der Waals surface area contributed by atoms with Crippen LogP contribution in [0.15, 0.2) is 0 Å². The van der Waals surface area contributed by atoms with Crippen LogP contribution in [0.3, 0.4) is 0 Å². The van der Waals surface area contributed by atoms with Crippen LogP contribution in [0.25, 0.3) is 0 Å². The van der Waals surface area contributed by atoms with E-state index in [-0.39, 0.29) is 19.3 Å². The summed E-state index contributed by atoms with van der Waals surface area (Å²) < 4.78 is 48.3. The van der Waals surface area contributed by atoms with Gasteiger partial charge in [-0.2, -0.15) is 0 Å². The SMILES string of the molecule is CCCCCCCCCCCC(O)CC(=O)NC1C(C)OC(CO[C@@H]2OC(CO)[C@@H](OP(=O)(O)O)[C@H](OC(=O)CC(O)CCCCCCCCCCC)C2NC(=O)CC(O)CCCCCCCCCCC)[C@@H](O)[C@@H]1OC(=O)CC(O)CCCCCCCCCCC. The highest BCUT2D eigenvalue weighted by molar-refractivity contribution is 7.46. The number of nitrogens with one attached hydrogen (secondary N) is 2. The third-order valence-electron chi connectivity index (χ3n) is 17.9. The van der Waals surface area contributed by atoms with E-state index >= 15 is 0 Å². The molecule has 21 nitrogen and oxygen atoms in total. The standard InChI is InChI=1S/C69H131N2O19P/c1-6-10-14-18-22-26-30-34-38-42-53(73)46-59(77)70-63-52(5)86-58(65(81)67(63)88-61(79)48-55(75)44-40-36-32-28-24-20-16-12-8-3)51-85-69-64(71-60(78)47-54(74)43-39-35-31-27-23-19-15-11-7-2)68(66(57(50-72)87-69)90-91(82,83)84)89-62(80)49-56(76)45-41-37-33-29-25-21-17-13-9-4/h52-58,63-69,72-76,81H,6-51H2,1-5H3,(H,70,77)(H,71,78)(H2,82,83,84)/t52?,53?,54?,55?,56?,57?,58?,63?,64?,65-,66-,67-,68-,69-/m1/s1. The number of esters is 2. The molecular weight excluding hydrogens is 1190 g/mol. The molecule has 0 aromatic carbocycles. The quantitative estimate of drug-likeness (QED) is 0.0154. The van der Waals surface area contributed by atoms with Crippen molar-refractivity contribution in [3.63, 3.8) is 0 Å². The number of carbonyl (C=O) groups is 4. The number of aliphatic hydroxyl groups excluding tert-OH is 6. The van der Waals surface area contributed by atoms with Gasteiger partial charge in [-0.3, -0.25) is 23.7 Å². The number of unbranched alkanes of at least 4 members (excludes halogenated alkanes) is 32. The van der Waals surface area contributed by atoms with Crippen LogP contribution in [0.4, 0.5) is 0 Å². The molecule has 2 fully saturated rings. The van der Waals surface area contributed by atoms with E-state index in [1.165, 1.54) is 96.3 Å². The second-order valence-electron chi connectivity index (χ2n) is 26.5. The molecule has 2 rings (SSSR count). The third kappa shape index (κ3) is 40.7. The summed E-state index contributed by atoms with van der Waals surface area (Å²) in [5.74, 6) is -3.25. The molecule has 9 unspecified atom stereocenters. The number of hydrogen-bond donors (Lipinski definition) is 10. The van der Waals surface area contributed by atoms with E-state index in [4.69, 9.17) is 28.2 Å². The Labute approximate surface area is 548 Å². The highest BCUT2D eigenvalue weighted by Gasteiger charge is 2.53. The number of ether oxygens (including phenoxy) is 5. The summed E-state index contributed by atoms with van der Waals surface area (Å²) in [7, 11) is -5.47. The average molecular weight is 1320 g/mol. The first-order valence-electron chi connectivity index (χ1n) is 36.4. The maximum Gasteiger partial charge on any atom is 0.470 e. The zero-order chi connectivity index (χ0) is 67.1. The predicted octanol–water partition coefficient (Wildman–Crippen LogP) is 11.8. The van der Waals surface area contributed by atoms with Crippen LogP contribution in [0.5, 0.6) is 0 Å². The van der Waals surface area contributed by atoms with Gasteiger partial charge in [0.1, 0.15) is 30.5 Å². The number of phosphoric acid groups is 1. The summed E-state index contributed by atoms with van der Waals surface area (Å²) in [5.41, 5.74) is 0. The van der Waals surface area contributed by atoms with Crippen LogP contribution in [-0.2, 0) is 52.0 Å². The molecule has 91 heavy (non-hydrogen) atoms. The van der Waals surface area contributed by atoms with Gasteiger partial charge in [0.25, 0.3) is 0 Å². The van der Waals surface area contributed by atoms with Crippen molar-refractivity contribution in [3.8, 4) is 0 Å². The predicted molar refractivity (Wildman–Crippen MR) is 352 cm³/mol. The van der Waals surface area contributed by atoms with Crippen LogP contribution in [0, 0.1) is 0 Å². The number of phosphoric ester groups is 1. The molecule has 0 aromatic heterocycles. The molecule has 2 aliphatic heterocycles. The Hall–Kier alpha value is -2.37. The van der Waals surface area contributed by atoms with E-state index in [1.54, 1.807) is 6.92 Å². The molecule has 0 aliphatic carbocycles. The normalized spacial score (nSPS) is 23.3. The van der Waals surface area contributed by atoms with Gasteiger partial charge in [-0.1, -0.05) is 259 Å². The zero-order valence-corrected chi connectivity index (χ0v) is 58.0. The fourth-order valence-corrected chi connectivity index (χ4v) is 13.0. The van der Waals surface area contributed by atoms with E-state index in [1.807, 2.05) is 0 Å². The average Bonchev–Trinajstić information content (AvgIpc) is 0.855. The molecule has 2 aliphatic rings. The van der Waals surface area contributed by atoms with Crippen molar-refractivity contribution in [1.82, 2.24) is 10.6 Å². The Morgan fingerprint density at radius 1 is 0.440 bits per heavy atom. The van der Waals surface area contributed by atoms with Crippen LogP contribution >= 0.6 is 7.82 Å². The smallest absolute Gasteiger partial charge is 0.457 e. The molecule has 0 bridgehead atoms. The molecular formula is C69H131N2O19P. The fraction of sp³-hybridized carbons (Fsp3) is 0.942. The lowest BCUT2D eigenvalue weighted by atomic mass is 9.92. The van der Waals surface area contributed by atoms with E-state index < -0.39 is 150 Å². The van der Waals surface area contributed by atoms with Crippen molar-refractivity contribution >= 4 is 31.6 Å². The Morgan fingerprint density at radius 2 is 0.758 bits per heavy atom. The van der Waals surface area contributed by atoms with Crippen LogP contribution in [0.1, 0.15) is 317 Å². The van der Waals surface area contributed by atoms with Gasteiger partial charge >= 0.3 is 19.8 Å². The molecule has 0 aromatic rings. The van der Waals surface area contributed by atoms with Gasteiger partial charge < -0.3 is 74.7 Å². The number of rotatable bonds is 58. The first kappa shape index (κ1) is 84.7. The topological polar surface area (TPSA) is 327 Å².